The van der Waals surface area contributed by atoms with Crippen LogP contribution in [-0.2, 0) is 0 Å². The summed E-state index contributed by atoms with van der Waals surface area (Å²) < 4.78 is 5.05. The van der Waals surface area contributed by atoms with Crippen LogP contribution in [-0.4, -0.2) is 25.5 Å². The molecule has 1 nitrogen and oxygen atoms in total. The van der Waals surface area contributed by atoms with Gasteiger partial charge in [0.1, 0.15) is 0 Å². The van der Waals surface area contributed by atoms with E-state index in [-0.39, 0.29) is 0 Å². The Morgan fingerprint density at radius 2 is 1.78 bits per heavy atom. The fourth-order valence-corrected chi connectivity index (χ4v) is 1.03. The molecule has 0 aromatic heterocycles. The van der Waals surface area contributed by atoms with E-state index in [2.05, 4.69) is 6.92 Å². The van der Waals surface area contributed by atoms with Crippen molar-refractivity contribution in [3.8, 4) is 5.75 Å². The molecule has 1 radical (unpaired) electrons. The maximum absolute atomic E-state index is 5.05. The SMILES string of the molecule is Cc1ccc([O][Po])cc1. The predicted molar refractivity (Wildman–Crippen MR) is 37.6 cm³/mol. The van der Waals surface area contributed by atoms with Gasteiger partial charge in [-0.25, -0.2) is 0 Å². The van der Waals surface area contributed by atoms with E-state index >= 15 is 0 Å². The zero-order valence-corrected chi connectivity index (χ0v) is 8.30. The second kappa shape index (κ2) is 3.18. The summed E-state index contributed by atoms with van der Waals surface area (Å²) in [4.78, 5) is 0. The Labute approximate surface area is 70.8 Å². The van der Waals surface area contributed by atoms with Crippen molar-refractivity contribution in [1.29, 1.82) is 0 Å². The van der Waals surface area contributed by atoms with Gasteiger partial charge in [0, 0.05) is 0 Å². The first-order valence-corrected chi connectivity index (χ1v) is 3.99. The Balaban J connectivity index is 2.88. The molecule has 0 saturated heterocycles. The van der Waals surface area contributed by atoms with Crippen molar-refractivity contribution < 1.29 is 2.77 Å². The molecule has 1 rings (SSSR count). The number of rotatable bonds is 1. The maximum atomic E-state index is 5.05. The van der Waals surface area contributed by atoms with Gasteiger partial charge in [-0.2, -0.15) is 0 Å². The summed E-state index contributed by atoms with van der Waals surface area (Å²) in [5.74, 6) is 0.954. The Bertz CT molecular complexity index is 181. The summed E-state index contributed by atoms with van der Waals surface area (Å²) in [7, 11) is 0. The summed E-state index contributed by atoms with van der Waals surface area (Å²) in [6.45, 7) is 2.06. The van der Waals surface area contributed by atoms with Crippen LogP contribution in [0.15, 0.2) is 24.3 Å². The van der Waals surface area contributed by atoms with Crippen LogP contribution in [0, 0.1) is 6.92 Å². The van der Waals surface area contributed by atoms with Gasteiger partial charge < -0.3 is 0 Å². The average Bonchev–Trinajstić information content (AvgIpc) is 1.90. The number of hydrogen-bond acceptors (Lipinski definition) is 1. The van der Waals surface area contributed by atoms with Crippen LogP contribution >= 0.6 is 0 Å². The van der Waals surface area contributed by atoms with E-state index in [9.17, 15) is 0 Å². The minimum absolute atomic E-state index is 0.954. The normalized spacial score (nSPS) is 9.11. The Hall–Kier alpha value is -0.0839. The second-order valence-electron chi connectivity index (χ2n) is 1.90. The Kier molecular flexibility index (Phi) is 2.48. The Morgan fingerprint density at radius 3 is 2.22 bits per heavy atom. The molecule has 0 atom stereocenters. The molecular formula is C7H7OPo. The van der Waals surface area contributed by atoms with E-state index in [1.54, 1.807) is 0 Å². The summed E-state index contributed by atoms with van der Waals surface area (Å²) in [6, 6.07) is 8.03. The van der Waals surface area contributed by atoms with Gasteiger partial charge in [0.2, 0.25) is 0 Å². The zero-order chi connectivity index (χ0) is 6.69. The van der Waals surface area contributed by atoms with Crippen LogP contribution in [0.25, 0.3) is 0 Å². The molecule has 1 aromatic rings. The Morgan fingerprint density at radius 1 is 1.22 bits per heavy atom. The van der Waals surface area contributed by atoms with Gasteiger partial charge in [-0.1, -0.05) is 0 Å². The standard InChI is InChI=1S/C7H8O.Po/c1-6-2-4-7(8)5-3-6;/h2-5,8H,1H3;/q;+1/p-1. The van der Waals surface area contributed by atoms with Gasteiger partial charge >= 0.3 is 70.8 Å². The number of hydrogen-bond donors (Lipinski definition) is 0. The second-order valence-corrected chi connectivity index (χ2v) is 2.54. The van der Waals surface area contributed by atoms with Crippen LogP contribution in [0.4, 0.5) is 0 Å². The van der Waals surface area contributed by atoms with Crippen molar-refractivity contribution >= 4 is 25.5 Å². The van der Waals surface area contributed by atoms with Crippen molar-refractivity contribution in [3.63, 3.8) is 0 Å². The van der Waals surface area contributed by atoms with Crippen molar-refractivity contribution in [2.75, 3.05) is 0 Å². The molecule has 2 heteroatoms. The molecule has 0 unspecified atom stereocenters. The first-order valence-electron chi connectivity index (χ1n) is 2.69. The first kappa shape index (κ1) is 7.03. The third-order valence-electron chi connectivity index (χ3n) is 1.12. The molecule has 0 amide bonds. The van der Waals surface area contributed by atoms with Crippen molar-refractivity contribution in [2.24, 2.45) is 0 Å². The molecule has 0 bridgehead atoms. The monoisotopic (exact) mass is 316 g/mol. The van der Waals surface area contributed by atoms with E-state index < -0.39 is 0 Å². The zero-order valence-electron chi connectivity index (χ0n) is 5.13. The van der Waals surface area contributed by atoms with Gasteiger partial charge in [0.05, 0.1) is 0 Å². The van der Waals surface area contributed by atoms with Gasteiger partial charge in [-0.15, -0.1) is 0 Å². The minimum atomic E-state index is 0.954. The predicted octanol–water partition coefficient (Wildman–Crippen LogP) is 1.46. The van der Waals surface area contributed by atoms with E-state index in [0.717, 1.165) is 31.3 Å². The topological polar surface area (TPSA) is 9.23 Å². The van der Waals surface area contributed by atoms with Crippen LogP contribution in [0.1, 0.15) is 5.56 Å². The molecule has 0 spiro atoms. The van der Waals surface area contributed by atoms with E-state index in [1.165, 1.54) is 5.56 Å². The average molecular weight is 316 g/mol. The molecule has 0 aliphatic heterocycles. The fraction of sp³-hybridized carbons (Fsp3) is 0.143. The molecule has 0 N–H and O–H groups in total. The molecule has 47 valence electrons. The quantitative estimate of drug-likeness (QED) is 0.762. The molecule has 0 aliphatic rings. The first-order chi connectivity index (χ1) is 4.33. The van der Waals surface area contributed by atoms with Crippen LogP contribution < -0.4 is 2.77 Å². The molecule has 0 saturated carbocycles. The van der Waals surface area contributed by atoms with E-state index in [1.807, 2.05) is 24.3 Å². The van der Waals surface area contributed by atoms with Crippen molar-refractivity contribution in [2.45, 2.75) is 6.92 Å². The van der Waals surface area contributed by atoms with E-state index in [0.29, 0.717) is 0 Å². The molecule has 1 aromatic carbocycles. The molecular weight excluding hydrogens is 309 g/mol. The van der Waals surface area contributed by atoms with E-state index in [4.69, 9.17) is 2.77 Å². The number of benzene rings is 1. The molecule has 0 heterocycles. The molecule has 9 heavy (non-hydrogen) atoms. The van der Waals surface area contributed by atoms with Gasteiger partial charge in [-0.3, -0.25) is 0 Å². The van der Waals surface area contributed by atoms with Gasteiger partial charge in [0.15, 0.2) is 0 Å². The summed E-state index contributed by atoms with van der Waals surface area (Å²) in [6.07, 6.45) is 0. The summed E-state index contributed by atoms with van der Waals surface area (Å²) in [5.41, 5.74) is 1.27. The third-order valence-corrected chi connectivity index (χ3v) is 1.87. The fourth-order valence-electron chi connectivity index (χ4n) is 0.594. The molecule has 0 fully saturated rings. The van der Waals surface area contributed by atoms with Crippen LogP contribution in [0.5, 0.6) is 5.75 Å². The summed E-state index contributed by atoms with van der Waals surface area (Å²) in [5, 5.41) is 0. The molecule has 0 aliphatic carbocycles. The van der Waals surface area contributed by atoms with Crippen LogP contribution in [0.3, 0.4) is 0 Å². The van der Waals surface area contributed by atoms with Gasteiger partial charge in [0.25, 0.3) is 0 Å². The van der Waals surface area contributed by atoms with Crippen LogP contribution in [0.2, 0.25) is 0 Å². The van der Waals surface area contributed by atoms with Crippen molar-refractivity contribution in [3.05, 3.63) is 29.8 Å². The summed E-state index contributed by atoms with van der Waals surface area (Å²) >= 11 is 1.13. The van der Waals surface area contributed by atoms with Crippen molar-refractivity contribution in [1.82, 2.24) is 0 Å². The third kappa shape index (κ3) is 1.95. The van der Waals surface area contributed by atoms with Gasteiger partial charge in [-0.05, 0) is 0 Å². The number of aryl methyl sites for hydroxylation is 1.